The number of aromatic nitrogens is 1. The number of halogens is 1. The van der Waals surface area contributed by atoms with E-state index < -0.39 is 11.9 Å². The first-order valence-corrected chi connectivity index (χ1v) is 9.82. The summed E-state index contributed by atoms with van der Waals surface area (Å²) in [6.07, 6.45) is 2.51. The lowest BCUT2D eigenvalue weighted by Crippen LogP contribution is -2.45. The lowest BCUT2D eigenvalue weighted by atomic mass is 10.0. The van der Waals surface area contributed by atoms with Crippen molar-refractivity contribution in [3.8, 4) is 0 Å². The van der Waals surface area contributed by atoms with Crippen LogP contribution in [0.5, 0.6) is 0 Å². The van der Waals surface area contributed by atoms with E-state index >= 15 is 0 Å². The van der Waals surface area contributed by atoms with Gasteiger partial charge in [-0.05, 0) is 18.2 Å². The molecule has 4 heterocycles. The number of ether oxygens (including phenoxy) is 3. The molecule has 0 aliphatic carbocycles. The van der Waals surface area contributed by atoms with Crippen molar-refractivity contribution in [1.29, 1.82) is 0 Å². The zero-order valence-corrected chi connectivity index (χ0v) is 15.9. The quantitative estimate of drug-likeness (QED) is 0.777. The van der Waals surface area contributed by atoms with Gasteiger partial charge in [-0.2, -0.15) is 0 Å². The zero-order chi connectivity index (χ0) is 19.8. The lowest BCUT2D eigenvalue weighted by Gasteiger charge is -2.38. The first-order valence-electron chi connectivity index (χ1n) is 9.82. The Morgan fingerprint density at radius 1 is 1.17 bits per heavy atom. The Hall–Kier alpha value is -2.65. The zero-order valence-electron chi connectivity index (χ0n) is 15.9. The molecule has 9 heteroatoms. The molecule has 0 N–H and O–H groups in total. The van der Waals surface area contributed by atoms with E-state index in [0.717, 1.165) is 0 Å². The Morgan fingerprint density at radius 2 is 1.97 bits per heavy atom. The van der Waals surface area contributed by atoms with Gasteiger partial charge in [-0.15, -0.1) is 0 Å². The molecule has 1 atom stereocenters. The maximum absolute atomic E-state index is 14.9. The fraction of sp³-hybridized carbons (Fsp3) is 0.500. The van der Waals surface area contributed by atoms with Crippen LogP contribution in [-0.2, 0) is 20.6 Å². The van der Waals surface area contributed by atoms with Crippen LogP contribution in [0.15, 0.2) is 35.1 Å². The monoisotopic (exact) mass is 403 g/mol. The van der Waals surface area contributed by atoms with Crippen molar-refractivity contribution < 1.29 is 27.9 Å². The van der Waals surface area contributed by atoms with Gasteiger partial charge in [-0.25, -0.2) is 9.18 Å². The molecule has 29 heavy (non-hydrogen) atoms. The highest BCUT2D eigenvalue weighted by atomic mass is 19.1. The summed E-state index contributed by atoms with van der Waals surface area (Å²) in [4.78, 5) is 15.7. The summed E-state index contributed by atoms with van der Waals surface area (Å²) < 4.78 is 36.5. The molecule has 5 rings (SSSR count). The van der Waals surface area contributed by atoms with E-state index in [1.165, 1.54) is 17.2 Å². The number of rotatable bonds is 4. The first-order chi connectivity index (χ1) is 14.1. The van der Waals surface area contributed by atoms with Gasteiger partial charge in [-0.1, -0.05) is 5.16 Å². The Labute approximate surface area is 167 Å². The second kappa shape index (κ2) is 7.31. The Bertz CT molecular complexity index is 874. The maximum atomic E-state index is 14.9. The Morgan fingerprint density at radius 3 is 2.66 bits per heavy atom. The van der Waals surface area contributed by atoms with E-state index in [0.29, 0.717) is 69.2 Å². The number of carbonyl (C=O) groups is 1. The first kappa shape index (κ1) is 18.4. The second-order valence-corrected chi connectivity index (χ2v) is 7.54. The number of amides is 1. The van der Waals surface area contributed by atoms with Crippen molar-refractivity contribution in [3.63, 3.8) is 0 Å². The van der Waals surface area contributed by atoms with E-state index in [1.807, 2.05) is 4.90 Å². The fourth-order valence-corrected chi connectivity index (χ4v) is 4.21. The van der Waals surface area contributed by atoms with Gasteiger partial charge in [0.1, 0.15) is 18.2 Å². The average molecular weight is 403 g/mol. The summed E-state index contributed by atoms with van der Waals surface area (Å²) in [7, 11) is 0. The average Bonchev–Trinajstić information content (AvgIpc) is 3.46. The lowest BCUT2D eigenvalue weighted by molar-refractivity contribution is -0.169. The molecule has 154 valence electrons. The molecule has 0 bridgehead atoms. The SMILES string of the molecule is O=C1O[C@H](Cc2ccon2)CN1c1ccc(N2CCC3(CC2)OCCO3)c(F)c1. The number of anilines is 2. The maximum Gasteiger partial charge on any atom is 0.414 e. The van der Waals surface area contributed by atoms with E-state index in [-0.39, 0.29) is 11.9 Å². The van der Waals surface area contributed by atoms with E-state index in [2.05, 4.69) is 5.16 Å². The third kappa shape index (κ3) is 3.56. The molecule has 0 saturated carbocycles. The van der Waals surface area contributed by atoms with Crippen LogP contribution in [0.4, 0.5) is 20.6 Å². The predicted octanol–water partition coefficient (Wildman–Crippen LogP) is 2.72. The standard InChI is InChI=1S/C20H22FN3O5/c21-17-12-15(24-13-16(29-19(24)25)11-14-3-8-28-22-14)1-2-18(17)23-6-4-20(5-7-23)26-9-10-27-20/h1-3,8,12,16H,4-7,9-11,13H2/t16-/m1/s1. The molecule has 1 aromatic heterocycles. The van der Waals surface area contributed by atoms with Crippen molar-refractivity contribution in [2.75, 3.05) is 42.6 Å². The predicted molar refractivity (Wildman–Crippen MR) is 100 cm³/mol. The highest BCUT2D eigenvalue weighted by Crippen LogP contribution is 2.35. The highest BCUT2D eigenvalue weighted by Gasteiger charge is 2.40. The van der Waals surface area contributed by atoms with E-state index in [4.69, 9.17) is 18.7 Å². The van der Waals surface area contributed by atoms with Gasteiger partial charge < -0.3 is 23.6 Å². The summed E-state index contributed by atoms with van der Waals surface area (Å²) in [5.41, 5.74) is 1.72. The molecule has 3 aliphatic heterocycles. The van der Waals surface area contributed by atoms with Crippen LogP contribution in [0.2, 0.25) is 0 Å². The summed E-state index contributed by atoms with van der Waals surface area (Å²) in [6.45, 7) is 2.88. The molecule has 1 amide bonds. The molecule has 0 unspecified atom stereocenters. The molecule has 3 aliphatic rings. The number of benzene rings is 1. The van der Waals surface area contributed by atoms with Gasteiger partial charge in [0.2, 0.25) is 0 Å². The van der Waals surface area contributed by atoms with E-state index in [9.17, 15) is 9.18 Å². The minimum Gasteiger partial charge on any atom is -0.444 e. The van der Waals surface area contributed by atoms with Crippen molar-refractivity contribution >= 4 is 17.5 Å². The van der Waals surface area contributed by atoms with Crippen LogP contribution >= 0.6 is 0 Å². The number of carbonyl (C=O) groups excluding carboxylic acids is 1. The largest absolute Gasteiger partial charge is 0.444 e. The van der Waals surface area contributed by atoms with Crippen molar-refractivity contribution in [2.45, 2.75) is 31.2 Å². The van der Waals surface area contributed by atoms with Crippen LogP contribution in [0.3, 0.4) is 0 Å². The molecular weight excluding hydrogens is 381 g/mol. The summed E-state index contributed by atoms with van der Waals surface area (Å²) >= 11 is 0. The third-order valence-corrected chi connectivity index (χ3v) is 5.72. The van der Waals surface area contributed by atoms with Crippen LogP contribution in [-0.4, -0.2) is 56.0 Å². The number of hydrogen-bond acceptors (Lipinski definition) is 7. The normalized spacial score (nSPS) is 23.8. The smallest absolute Gasteiger partial charge is 0.414 e. The van der Waals surface area contributed by atoms with Crippen LogP contribution in [0.1, 0.15) is 18.5 Å². The van der Waals surface area contributed by atoms with Gasteiger partial charge in [0.15, 0.2) is 5.79 Å². The molecule has 8 nitrogen and oxygen atoms in total. The molecule has 3 saturated heterocycles. The molecule has 0 radical (unpaired) electrons. The van der Waals surface area contributed by atoms with Gasteiger partial charge in [-0.3, -0.25) is 4.90 Å². The van der Waals surface area contributed by atoms with Crippen LogP contribution in [0, 0.1) is 5.82 Å². The number of cyclic esters (lactones) is 1. The number of hydrogen-bond donors (Lipinski definition) is 0. The molecule has 1 aromatic carbocycles. The summed E-state index contributed by atoms with van der Waals surface area (Å²) in [6, 6.07) is 6.60. The van der Waals surface area contributed by atoms with Gasteiger partial charge in [0.05, 0.1) is 36.8 Å². The van der Waals surface area contributed by atoms with Gasteiger partial charge in [0.25, 0.3) is 0 Å². The molecular formula is C20H22FN3O5. The third-order valence-electron chi connectivity index (χ3n) is 5.72. The van der Waals surface area contributed by atoms with Crippen LogP contribution < -0.4 is 9.80 Å². The summed E-state index contributed by atoms with van der Waals surface area (Å²) in [5, 5.41) is 3.84. The van der Waals surface area contributed by atoms with Crippen molar-refractivity contribution in [1.82, 2.24) is 5.16 Å². The number of nitrogens with zero attached hydrogens (tertiary/aromatic N) is 3. The molecule has 3 fully saturated rings. The van der Waals surface area contributed by atoms with Gasteiger partial charge >= 0.3 is 6.09 Å². The van der Waals surface area contributed by atoms with Crippen molar-refractivity contribution in [2.24, 2.45) is 0 Å². The number of piperidine rings is 1. The fourth-order valence-electron chi connectivity index (χ4n) is 4.21. The molecule has 2 aromatic rings. The van der Waals surface area contributed by atoms with Crippen LogP contribution in [0.25, 0.3) is 0 Å². The van der Waals surface area contributed by atoms with Gasteiger partial charge in [0, 0.05) is 38.4 Å². The van der Waals surface area contributed by atoms with Crippen molar-refractivity contribution in [3.05, 3.63) is 42.0 Å². The molecule has 1 spiro atoms. The Kier molecular flexibility index (Phi) is 4.63. The van der Waals surface area contributed by atoms with E-state index in [1.54, 1.807) is 18.2 Å². The minimum absolute atomic E-state index is 0.339. The summed E-state index contributed by atoms with van der Waals surface area (Å²) in [5.74, 6) is -0.857. The topological polar surface area (TPSA) is 77.3 Å². The second-order valence-electron chi connectivity index (χ2n) is 7.54. The highest BCUT2D eigenvalue weighted by molar-refractivity contribution is 5.90. The Balaban J connectivity index is 1.25. The minimum atomic E-state index is -0.495.